The Morgan fingerprint density at radius 3 is 2.79 bits per heavy atom. The summed E-state index contributed by atoms with van der Waals surface area (Å²) in [5.74, 6) is 0.605. The third-order valence-corrected chi connectivity index (χ3v) is 5.12. The molecule has 1 aromatic rings. The first-order valence-corrected chi connectivity index (χ1v) is 7.16. The highest BCUT2D eigenvalue weighted by molar-refractivity contribution is 5.95. The molecule has 100 valence electrons. The summed E-state index contributed by atoms with van der Waals surface area (Å²) in [6, 6.07) is 3.59. The van der Waals surface area contributed by atoms with Crippen LogP contribution < -0.4 is 0 Å². The zero-order valence-corrected chi connectivity index (χ0v) is 10.9. The van der Waals surface area contributed by atoms with E-state index in [0.29, 0.717) is 17.4 Å². The molecule has 3 fully saturated rings. The van der Waals surface area contributed by atoms with Gasteiger partial charge in [0, 0.05) is 24.2 Å². The van der Waals surface area contributed by atoms with Gasteiger partial charge in [-0.2, -0.15) is 0 Å². The Balaban J connectivity index is 1.59. The Morgan fingerprint density at radius 2 is 2.21 bits per heavy atom. The van der Waals surface area contributed by atoms with Gasteiger partial charge in [0.1, 0.15) is 5.75 Å². The minimum absolute atomic E-state index is 0.00314. The van der Waals surface area contributed by atoms with Crippen molar-refractivity contribution in [2.24, 2.45) is 11.3 Å². The Hall–Kier alpha value is -1.58. The van der Waals surface area contributed by atoms with Crippen molar-refractivity contribution < 1.29 is 9.90 Å². The molecule has 4 heteroatoms. The monoisotopic (exact) mass is 258 g/mol. The van der Waals surface area contributed by atoms with Crippen molar-refractivity contribution in [3.63, 3.8) is 0 Å². The standard InChI is InChI=1S/C15H18N2O2/c18-11-3-1-8-16-12(11)14(19)17-9-15(6-2-7-15)13(17)10-4-5-10/h1,3,8,10,13,18H,2,4-7,9H2. The molecule has 19 heavy (non-hydrogen) atoms. The third kappa shape index (κ3) is 1.52. The third-order valence-electron chi connectivity index (χ3n) is 5.12. The first-order valence-electron chi connectivity index (χ1n) is 7.16. The molecule has 0 radical (unpaired) electrons. The highest BCUT2D eigenvalue weighted by atomic mass is 16.3. The Labute approximate surface area is 112 Å². The van der Waals surface area contributed by atoms with Gasteiger partial charge in [0.15, 0.2) is 5.69 Å². The number of hydrogen-bond donors (Lipinski definition) is 1. The summed E-state index contributed by atoms with van der Waals surface area (Å²) in [5.41, 5.74) is 0.628. The van der Waals surface area contributed by atoms with E-state index in [1.54, 1.807) is 12.3 Å². The number of carbonyl (C=O) groups excluding carboxylic acids is 1. The van der Waals surface area contributed by atoms with Gasteiger partial charge in [-0.05, 0) is 43.7 Å². The van der Waals surface area contributed by atoms with Crippen LogP contribution in [0, 0.1) is 11.3 Å². The van der Waals surface area contributed by atoms with Crippen molar-refractivity contribution >= 4 is 5.91 Å². The van der Waals surface area contributed by atoms with Crippen LogP contribution in [0.15, 0.2) is 18.3 Å². The summed E-state index contributed by atoms with van der Waals surface area (Å²) < 4.78 is 0. The van der Waals surface area contributed by atoms with Gasteiger partial charge in [-0.25, -0.2) is 4.98 Å². The minimum atomic E-state index is -0.0903. The molecule has 0 bridgehead atoms. The largest absolute Gasteiger partial charge is 0.505 e. The molecule has 4 nitrogen and oxygen atoms in total. The lowest BCUT2D eigenvalue weighted by Gasteiger charge is -2.62. The fourth-order valence-electron chi connectivity index (χ4n) is 3.90. The maximum atomic E-state index is 12.5. The highest BCUT2D eigenvalue weighted by Gasteiger charge is 2.61. The molecule has 2 heterocycles. The molecular weight excluding hydrogens is 240 g/mol. The fraction of sp³-hybridized carbons (Fsp3) is 0.600. The van der Waals surface area contributed by atoms with Crippen LogP contribution in [0.2, 0.25) is 0 Å². The number of hydrogen-bond acceptors (Lipinski definition) is 3. The van der Waals surface area contributed by atoms with Crippen LogP contribution in [0.1, 0.15) is 42.6 Å². The molecule has 0 aromatic carbocycles. The lowest BCUT2D eigenvalue weighted by Crippen LogP contribution is -2.69. The van der Waals surface area contributed by atoms with Crippen LogP contribution in [0.5, 0.6) is 5.75 Å². The van der Waals surface area contributed by atoms with Crippen LogP contribution in [-0.2, 0) is 0 Å². The molecule has 2 aliphatic carbocycles. The van der Waals surface area contributed by atoms with E-state index in [1.165, 1.54) is 38.2 Å². The average Bonchev–Trinajstić information content (AvgIpc) is 3.10. The summed E-state index contributed by atoms with van der Waals surface area (Å²) in [6.07, 6.45) is 7.92. The van der Waals surface area contributed by atoms with Crippen LogP contribution in [0.4, 0.5) is 0 Å². The molecular formula is C15H18N2O2. The predicted molar refractivity (Wildman–Crippen MR) is 69.7 cm³/mol. The second-order valence-corrected chi connectivity index (χ2v) is 6.30. The maximum Gasteiger partial charge on any atom is 0.276 e. The number of aromatic hydroxyl groups is 1. The minimum Gasteiger partial charge on any atom is -0.505 e. The molecule has 1 atom stereocenters. The van der Waals surface area contributed by atoms with E-state index < -0.39 is 0 Å². The van der Waals surface area contributed by atoms with Crippen LogP contribution >= 0.6 is 0 Å². The van der Waals surface area contributed by atoms with Crippen molar-refractivity contribution in [3.8, 4) is 5.75 Å². The summed E-state index contributed by atoms with van der Waals surface area (Å²) in [5, 5.41) is 9.78. The van der Waals surface area contributed by atoms with Crippen molar-refractivity contribution in [3.05, 3.63) is 24.0 Å². The number of rotatable bonds is 2. The quantitative estimate of drug-likeness (QED) is 0.884. The lowest BCUT2D eigenvalue weighted by atomic mass is 9.56. The molecule has 1 amide bonds. The lowest BCUT2D eigenvalue weighted by molar-refractivity contribution is -0.111. The Bertz CT molecular complexity index is 535. The number of likely N-dealkylation sites (tertiary alicyclic amines) is 1. The summed E-state index contributed by atoms with van der Waals surface area (Å²) in [4.78, 5) is 18.5. The molecule has 1 aromatic heterocycles. The molecule has 2 saturated carbocycles. The smallest absolute Gasteiger partial charge is 0.276 e. The van der Waals surface area contributed by atoms with Gasteiger partial charge in [-0.1, -0.05) is 6.42 Å². The maximum absolute atomic E-state index is 12.5. The number of carbonyl (C=O) groups is 1. The summed E-state index contributed by atoms with van der Waals surface area (Å²) >= 11 is 0. The van der Waals surface area contributed by atoms with Crippen molar-refractivity contribution in [2.45, 2.75) is 38.1 Å². The van der Waals surface area contributed by atoms with Gasteiger partial charge in [0.05, 0.1) is 0 Å². The topological polar surface area (TPSA) is 53.4 Å². The number of amides is 1. The van der Waals surface area contributed by atoms with Crippen LogP contribution in [0.25, 0.3) is 0 Å². The SMILES string of the molecule is O=C(c1ncccc1O)N1CC2(CCC2)C1C1CC1. The van der Waals surface area contributed by atoms with Gasteiger partial charge in [-0.15, -0.1) is 0 Å². The molecule has 1 saturated heterocycles. The van der Waals surface area contributed by atoms with Crippen LogP contribution in [-0.4, -0.2) is 33.5 Å². The predicted octanol–water partition coefficient (Wildman–Crippen LogP) is 2.19. The van der Waals surface area contributed by atoms with Crippen molar-refractivity contribution in [1.29, 1.82) is 0 Å². The molecule has 1 aliphatic heterocycles. The van der Waals surface area contributed by atoms with Gasteiger partial charge in [0.25, 0.3) is 5.91 Å². The van der Waals surface area contributed by atoms with E-state index in [4.69, 9.17) is 0 Å². The van der Waals surface area contributed by atoms with Gasteiger partial charge in [0.2, 0.25) is 0 Å². The number of aromatic nitrogens is 1. The Kier molecular flexibility index (Phi) is 2.20. The molecule has 3 aliphatic rings. The fourth-order valence-corrected chi connectivity index (χ4v) is 3.90. The van der Waals surface area contributed by atoms with Gasteiger partial charge < -0.3 is 10.0 Å². The first kappa shape index (κ1) is 11.3. The normalized spacial score (nSPS) is 27.8. The van der Waals surface area contributed by atoms with Gasteiger partial charge >= 0.3 is 0 Å². The van der Waals surface area contributed by atoms with E-state index in [0.717, 1.165) is 6.54 Å². The zero-order chi connectivity index (χ0) is 13.0. The van der Waals surface area contributed by atoms with E-state index >= 15 is 0 Å². The second kappa shape index (κ2) is 3.71. The van der Waals surface area contributed by atoms with Crippen molar-refractivity contribution in [1.82, 2.24) is 9.88 Å². The van der Waals surface area contributed by atoms with Gasteiger partial charge in [-0.3, -0.25) is 4.79 Å². The average molecular weight is 258 g/mol. The molecule has 1 N–H and O–H groups in total. The van der Waals surface area contributed by atoms with E-state index in [9.17, 15) is 9.90 Å². The molecule has 1 spiro atoms. The van der Waals surface area contributed by atoms with Crippen molar-refractivity contribution in [2.75, 3.05) is 6.54 Å². The van der Waals surface area contributed by atoms with E-state index in [1.807, 2.05) is 4.90 Å². The molecule has 1 unspecified atom stereocenters. The Morgan fingerprint density at radius 1 is 1.42 bits per heavy atom. The summed E-state index contributed by atoms with van der Waals surface area (Å²) in [6.45, 7) is 0.864. The van der Waals surface area contributed by atoms with Crippen LogP contribution in [0.3, 0.4) is 0 Å². The zero-order valence-electron chi connectivity index (χ0n) is 10.9. The first-order chi connectivity index (χ1) is 9.21. The van der Waals surface area contributed by atoms with E-state index in [-0.39, 0.29) is 17.4 Å². The summed E-state index contributed by atoms with van der Waals surface area (Å²) in [7, 11) is 0. The highest BCUT2D eigenvalue weighted by Crippen LogP contribution is 2.59. The second-order valence-electron chi connectivity index (χ2n) is 6.30. The van der Waals surface area contributed by atoms with E-state index in [2.05, 4.69) is 4.98 Å². The number of nitrogens with zero attached hydrogens (tertiary/aromatic N) is 2. The molecule has 4 rings (SSSR count). The number of pyridine rings is 1.